The lowest BCUT2D eigenvalue weighted by Crippen LogP contribution is -2.41. The Morgan fingerprint density at radius 2 is 2.08 bits per heavy atom. The molecule has 0 radical (unpaired) electrons. The molecular formula is C18H24F2N2O2. The van der Waals surface area contributed by atoms with E-state index in [9.17, 15) is 13.6 Å². The van der Waals surface area contributed by atoms with E-state index in [4.69, 9.17) is 4.74 Å². The molecule has 2 aliphatic rings. The highest BCUT2D eigenvalue weighted by molar-refractivity contribution is 5.79. The third-order valence-corrected chi connectivity index (χ3v) is 4.90. The lowest BCUT2D eigenvalue weighted by Gasteiger charge is -2.32. The Kier molecular flexibility index (Phi) is 4.88. The van der Waals surface area contributed by atoms with Gasteiger partial charge in [-0.3, -0.25) is 9.69 Å². The van der Waals surface area contributed by atoms with Crippen molar-refractivity contribution < 1.29 is 18.3 Å². The molecule has 1 aromatic rings. The number of rotatable bonds is 3. The third-order valence-electron chi connectivity index (χ3n) is 4.90. The Morgan fingerprint density at radius 3 is 2.79 bits per heavy atom. The van der Waals surface area contributed by atoms with E-state index in [1.54, 1.807) is 0 Å². The number of halogens is 2. The van der Waals surface area contributed by atoms with Crippen molar-refractivity contribution in [3.05, 3.63) is 35.4 Å². The number of hydrogen-bond donors (Lipinski definition) is 0. The van der Waals surface area contributed by atoms with E-state index in [1.807, 2.05) is 18.7 Å². The lowest BCUT2D eigenvalue weighted by molar-refractivity contribution is -0.129. The number of ether oxygens (including phenoxy) is 1. The van der Waals surface area contributed by atoms with Crippen molar-refractivity contribution in [1.82, 2.24) is 9.80 Å². The molecule has 1 amide bonds. The zero-order chi connectivity index (χ0) is 17.3. The molecular weight excluding hydrogens is 314 g/mol. The molecule has 24 heavy (non-hydrogen) atoms. The molecule has 1 atom stereocenters. The molecule has 2 heterocycles. The molecule has 0 N–H and O–H groups in total. The van der Waals surface area contributed by atoms with Gasteiger partial charge < -0.3 is 9.64 Å². The van der Waals surface area contributed by atoms with Crippen molar-refractivity contribution in [2.24, 2.45) is 5.41 Å². The van der Waals surface area contributed by atoms with Crippen LogP contribution in [0.4, 0.5) is 8.78 Å². The van der Waals surface area contributed by atoms with Gasteiger partial charge in [0, 0.05) is 49.6 Å². The quantitative estimate of drug-likeness (QED) is 0.849. The molecule has 0 aromatic heterocycles. The molecule has 132 valence electrons. The van der Waals surface area contributed by atoms with Crippen LogP contribution in [0.2, 0.25) is 0 Å². The third kappa shape index (κ3) is 3.59. The fourth-order valence-electron chi connectivity index (χ4n) is 3.72. The second kappa shape index (κ2) is 6.76. The molecule has 0 saturated carbocycles. The first-order valence-corrected chi connectivity index (χ1v) is 8.42. The van der Waals surface area contributed by atoms with Gasteiger partial charge in [-0.15, -0.1) is 0 Å². The van der Waals surface area contributed by atoms with Gasteiger partial charge in [-0.05, 0) is 32.0 Å². The standard InChI is InChI=1S/C18H24F2N2O2/c1-13(2)22-11-18(8-17(22)23)10-21(5-6-24-12-18)9-14-7-15(19)3-4-16(14)20/h3-4,7,13H,5-6,8-12H2,1-2H3. The predicted molar refractivity (Wildman–Crippen MR) is 86.4 cm³/mol. The highest BCUT2D eigenvalue weighted by atomic mass is 19.1. The van der Waals surface area contributed by atoms with Crippen LogP contribution in [0.5, 0.6) is 0 Å². The van der Waals surface area contributed by atoms with Gasteiger partial charge >= 0.3 is 0 Å². The molecule has 2 fully saturated rings. The van der Waals surface area contributed by atoms with E-state index in [1.165, 1.54) is 6.07 Å². The second-order valence-electron chi connectivity index (χ2n) is 7.29. The molecule has 2 aliphatic heterocycles. The van der Waals surface area contributed by atoms with Gasteiger partial charge in [-0.25, -0.2) is 8.78 Å². The summed E-state index contributed by atoms with van der Waals surface area (Å²) in [5.74, 6) is -0.691. The summed E-state index contributed by atoms with van der Waals surface area (Å²) in [6.45, 7) is 7.36. The van der Waals surface area contributed by atoms with Crippen molar-refractivity contribution in [2.75, 3.05) is 32.8 Å². The topological polar surface area (TPSA) is 32.8 Å². The predicted octanol–water partition coefficient (Wildman–Crippen LogP) is 2.42. The summed E-state index contributed by atoms with van der Waals surface area (Å²) in [5, 5.41) is 0. The molecule has 0 aliphatic carbocycles. The number of benzene rings is 1. The number of carbonyl (C=O) groups is 1. The summed E-state index contributed by atoms with van der Waals surface area (Å²) in [6.07, 6.45) is 0.452. The summed E-state index contributed by atoms with van der Waals surface area (Å²) in [7, 11) is 0. The number of amides is 1. The summed E-state index contributed by atoms with van der Waals surface area (Å²) in [6, 6.07) is 3.69. The first-order chi connectivity index (χ1) is 11.4. The van der Waals surface area contributed by atoms with Crippen LogP contribution >= 0.6 is 0 Å². The molecule has 4 nitrogen and oxygen atoms in total. The van der Waals surface area contributed by atoms with Crippen molar-refractivity contribution in [1.29, 1.82) is 0 Å². The average molecular weight is 338 g/mol. The van der Waals surface area contributed by atoms with Crippen LogP contribution in [0.15, 0.2) is 18.2 Å². The van der Waals surface area contributed by atoms with Crippen LogP contribution in [0, 0.1) is 17.0 Å². The molecule has 1 aromatic carbocycles. The van der Waals surface area contributed by atoms with Crippen LogP contribution in [0.3, 0.4) is 0 Å². The normalized spacial score (nSPS) is 25.7. The summed E-state index contributed by atoms with van der Waals surface area (Å²) >= 11 is 0. The maximum atomic E-state index is 13.9. The van der Waals surface area contributed by atoms with Crippen molar-refractivity contribution in [3.63, 3.8) is 0 Å². The number of carbonyl (C=O) groups excluding carboxylic acids is 1. The van der Waals surface area contributed by atoms with E-state index in [0.29, 0.717) is 51.4 Å². The minimum Gasteiger partial charge on any atom is -0.379 e. The van der Waals surface area contributed by atoms with E-state index in [-0.39, 0.29) is 17.4 Å². The molecule has 1 unspecified atom stereocenters. The van der Waals surface area contributed by atoms with E-state index in [2.05, 4.69) is 4.90 Å². The summed E-state index contributed by atoms with van der Waals surface area (Å²) in [5.41, 5.74) is 0.0823. The van der Waals surface area contributed by atoms with Crippen LogP contribution in [-0.4, -0.2) is 54.6 Å². The molecule has 6 heteroatoms. The van der Waals surface area contributed by atoms with Crippen molar-refractivity contribution in [2.45, 2.75) is 32.9 Å². The Bertz CT molecular complexity index is 623. The van der Waals surface area contributed by atoms with Crippen LogP contribution in [-0.2, 0) is 16.1 Å². The first kappa shape index (κ1) is 17.3. The SMILES string of the molecule is CC(C)N1CC2(COCCN(Cc3cc(F)ccc3F)C2)CC1=O. The van der Waals surface area contributed by atoms with E-state index >= 15 is 0 Å². The monoisotopic (exact) mass is 338 g/mol. The molecule has 2 saturated heterocycles. The highest BCUT2D eigenvalue weighted by Crippen LogP contribution is 2.35. The zero-order valence-electron chi connectivity index (χ0n) is 14.2. The minimum absolute atomic E-state index is 0.146. The van der Waals surface area contributed by atoms with Crippen molar-refractivity contribution in [3.8, 4) is 0 Å². The first-order valence-electron chi connectivity index (χ1n) is 8.42. The van der Waals surface area contributed by atoms with Crippen LogP contribution < -0.4 is 0 Å². The maximum Gasteiger partial charge on any atom is 0.223 e. The minimum atomic E-state index is -0.436. The number of likely N-dealkylation sites (tertiary alicyclic amines) is 1. The van der Waals surface area contributed by atoms with Gasteiger partial charge in [0.2, 0.25) is 5.91 Å². The van der Waals surface area contributed by atoms with Gasteiger partial charge in [0.05, 0.1) is 13.2 Å². The van der Waals surface area contributed by atoms with Crippen molar-refractivity contribution >= 4 is 5.91 Å². The highest BCUT2D eigenvalue weighted by Gasteiger charge is 2.46. The Labute approximate surface area is 141 Å². The summed E-state index contributed by atoms with van der Waals surface area (Å²) in [4.78, 5) is 16.3. The second-order valence-corrected chi connectivity index (χ2v) is 7.29. The smallest absolute Gasteiger partial charge is 0.223 e. The van der Waals surface area contributed by atoms with Gasteiger partial charge in [-0.2, -0.15) is 0 Å². The van der Waals surface area contributed by atoms with Gasteiger partial charge in [0.25, 0.3) is 0 Å². The Balaban J connectivity index is 1.76. The Hall–Kier alpha value is -1.53. The van der Waals surface area contributed by atoms with Gasteiger partial charge in [0.15, 0.2) is 0 Å². The summed E-state index contributed by atoms with van der Waals surface area (Å²) < 4.78 is 33.1. The number of nitrogens with zero attached hydrogens (tertiary/aromatic N) is 2. The largest absolute Gasteiger partial charge is 0.379 e. The van der Waals surface area contributed by atoms with Crippen LogP contribution in [0.1, 0.15) is 25.8 Å². The number of hydrogen-bond acceptors (Lipinski definition) is 3. The van der Waals surface area contributed by atoms with Gasteiger partial charge in [0.1, 0.15) is 11.6 Å². The van der Waals surface area contributed by atoms with Gasteiger partial charge in [-0.1, -0.05) is 0 Å². The average Bonchev–Trinajstić information content (AvgIpc) is 2.71. The van der Waals surface area contributed by atoms with Crippen LogP contribution in [0.25, 0.3) is 0 Å². The Morgan fingerprint density at radius 1 is 1.29 bits per heavy atom. The molecule has 3 rings (SSSR count). The van der Waals surface area contributed by atoms with E-state index in [0.717, 1.165) is 12.1 Å². The lowest BCUT2D eigenvalue weighted by atomic mass is 9.87. The molecule has 1 spiro atoms. The fraction of sp³-hybridized carbons (Fsp3) is 0.611. The van der Waals surface area contributed by atoms with E-state index < -0.39 is 11.6 Å². The fourth-order valence-corrected chi connectivity index (χ4v) is 3.72. The zero-order valence-corrected chi connectivity index (χ0v) is 14.2. The maximum absolute atomic E-state index is 13.9. The molecule has 0 bridgehead atoms.